The maximum atomic E-state index is 11.7. The topological polar surface area (TPSA) is 84.9 Å². The van der Waals surface area contributed by atoms with E-state index in [9.17, 15) is 9.59 Å². The number of hydrogen-bond donors (Lipinski definition) is 2. The molecule has 132 valence electrons. The highest BCUT2D eigenvalue weighted by Gasteiger charge is 2.18. The molecule has 6 heteroatoms. The van der Waals surface area contributed by atoms with E-state index >= 15 is 0 Å². The minimum absolute atomic E-state index is 0.229. The maximum Gasteiger partial charge on any atom is 0.331 e. The summed E-state index contributed by atoms with van der Waals surface area (Å²) in [5.74, 6) is -1.83. The molecule has 0 heterocycles. The van der Waals surface area contributed by atoms with Gasteiger partial charge < -0.3 is 19.9 Å². The second kappa shape index (κ2) is 11.2. The van der Waals surface area contributed by atoms with Crippen LogP contribution in [0.2, 0.25) is 0 Å². The number of carbonyl (C=O) groups is 2. The van der Waals surface area contributed by atoms with Crippen molar-refractivity contribution in [3.8, 4) is 0 Å². The summed E-state index contributed by atoms with van der Waals surface area (Å²) in [7, 11) is 0. The van der Waals surface area contributed by atoms with Crippen molar-refractivity contribution in [1.82, 2.24) is 5.32 Å². The van der Waals surface area contributed by atoms with Crippen LogP contribution in [0.5, 0.6) is 0 Å². The Labute approximate surface area is 138 Å². The molecule has 1 fully saturated rings. The fourth-order valence-electron chi connectivity index (χ4n) is 2.50. The zero-order valence-electron chi connectivity index (χ0n) is 14.1. The van der Waals surface area contributed by atoms with E-state index in [2.05, 4.69) is 5.32 Å². The van der Waals surface area contributed by atoms with Crippen LogP contribution in [0.1, 0.15) is 52.4 Å². The first-order valence-electron chi connectivity index (χ1n) is 8.44. The smallest absolute Gasteiger partial charge is 0.331 e. The molecule has 23 heavy (non-hydrogen) atoms. The summed E-state index contributed by atoms with van der Waals surface area (Å²) in [6.45, 7) is 4.83. The molecule has 0 aliphatic heterocycles. The Morgan fingerprint density at radius 1 is 1.17 bits per heavy atom. The van der Waals surface area contributed by atoms with E-state index in [4.69, 9.17) is 14.6 Å². The Morgan fingerprint density at radius 2 is 1.83 bits per heavy atom. The van der Waals surface area contributed by atoms with E-state index in [-0.39, 0.29) is 12.1 Å². The molecule has 2 N–H and O–H groups in total. The van der Waals surface area contributed by atoms with E-state index < -0.39 is 18.0 Å². The van der Waals surface area contributed by atoms with E-state index in [0.717, 1.165) is 25.0 Å². The highest BCUT2D eigenvalue weighted by molar-refractivity contribution is 5.90. The minimum atomic E-state index is -1.17. The largest absolute Gasteiger partial charge is 0.478 e. The first-order valence-corrected chi connectivity index (χ1v) is 8.44. The van der Waals surface area contributed by atoms with Crippen molar-refractivity contribution in [2.75, 3.05) is 13.2 Å². The molecule has 1 saturated carbocycles. The van der Waals surface area contributed by atoms with Crippen LogP contribution in [0.15, 0.2) is 12.2 Å². The summed E-state index contributed by atoms with van der Waals surface area (Å²) in [4.78, 5) is 22.1. The van der Waals surface area contributed by atoms with Crippen LogP contribution in [-0.2, 0) is 19.1 Å². The Hall–Kier alpha value is -1.40. The van der Waals surface area contributed by atoms with Crippen LogP contribution in [-0.4, -0.2) is 48.4 Å². The summed E-state index contributed by atoms with van der Waals surface area (Å²) in [6, 6.07) is 0.267. The van der Waals surface area contributed by atoms with Gasteiger partial charge in [0.25, 0.3) is 0 Å². The van der Waals surface area contributed by atoms with E-state index in [1.165, 1.54) is 25.7 Å². The van der Waals surface area contributed by atoms with Gasteiger partial charge in [-0.1, -0.05) is 39.5 Å². The lowest BCUT2D eigenvalue weighted by Gasteiger charge is -2.22. The summed E-state index contributed by atoms with van der Waals surface area (Å²) >= 11 is 0. The lowest BCUT2D eigenvalue weighted by Crippen LogP contribution is -2.38. The van der Waals surface area contributed by atoms with Crippen molar-refractivity contribution >= 4 is 11.9 Å². The van der Waals surface area contributed by atoms with Gasteiger partial charge in [-0.2, -0.15) is 0 Å². The second-order valence-electron chi connectivity index (χ2n) is 6.24. The van der Waals surface area contributed by atoms with Crippen molar-refractivity contribution < 1.29 is 24.2 Å². The van der Waals surface area contributed by atoms with E-state index in [0.29, 0.717) is 13.2 Å². The van der Waals surface area contributed by atoms with E-state index in [1.807, 2.05) is 13.8 Å². The third kappa shape index (κ3) is 10.1. The first kappa shape index (κ1) is 19.6. The number of aliphatic carboxylic acids is 1. The molecule has 0 aromatic heterocycles. The quantitative estimate of drug-likeness (QED) is 0.384. The zero-order valence-corrected chi connectivity index (χ0v) is 14.1. The molecule has 1 rings (SSSR count). The van der Waals surface area contributed by atoms with Crippen molar-refractivity contribution in [1.29, 1.82) is 0 Å². The Balaban J connectivity index is 2.46. The Bertz CT molecular complexity index is 386. The second-order valence-corrected chi connectivity index (χ2v) is 6.24. The number of hydrogen-bond acceptors (Lipinski definition) is 5. The number of rotatable bonds is 9. The van der Waals surface area contributed by atoms with Crippen molar-refractivity contribution in [3.63, 3.8) is 0 Å². The molecule has 0 spiro atoms. The molecule has 1 aliphatic rings. The molecule has 0 saturated heterocycles. The highest BCUT2D eigenvalue weighted by atomic mass is 16.6. The van der Waals surface area contributed by atoms with Gasteiger partial charge in [0.1, 0.15) is 6.10 Å². The molecule has 0 bridgehead atoms. The molecule has 1 unspecified atom stereocenters. The highest BCUT2D eigenvalue weighted by Crippen LogP contribution is 2.20. The van der Waals surface area contributed by atoms with Crippen molar-refractivity contribution in [3.05, 3.63) is 12.2 Å². The van der Waals surface area contributed by atoms with Gasteiger partial charge in [-0.05, 0) is 12.8 Å². The standard InChI is InChI=1S/C17H29NO5/c1-13(2)18-11-15(23-17(21)10-9-16(19)20)12-22-14-7-5-3-4-6-8-14/h9-10,13-15,18H,3-8,11-12H2,1-2H3,(H,19,20)/b10-9+. The summed E-state index contributed by atoms with van der Waals surface area (Å²) in [6.07, 6.45) is 8.49. The first-order chi connectivity index (χ1) is 11.0. The average Bonchev–Trinajstić information content (AvgIpc) is 2.76. The molecular formula is C17H29NO5. The molecule has 1 aliphatic carbocycles. The molecular weight excluding hydrogens is 298 g/mol. The lowest BCUT2D eigenvalue weighted by atomic mass is 10.1. The molecule has 6 nitrogen and oxygen atoms in total. The predicted molar refractivity (Wildman–Crippen MR) is 87.2 cm³/mol. The molecule has 0 aromatic rings. The predicted octanol–water partition coefficient (Wildman–Crippen LogP) is 2.28. The number of carboxylic acid groups (broad SMARTS) is 1. The van der Waals surface area contributed by atoms with E-state index in [1.54, 1.807) is 0 Å². The van der Waals surface area contributed by atoms with Gasteiger partial charge in [0.05, 0.1) is 12.7 Å². The van der Waals surface area contributed by atoms with Gasteiger partial charge in [-0.15, -0.1) is 0 Å². The van der Waals surface area contributed by atoms with Crippen LogP contribution < -0.4 is 5.32 Å². The fourth-order valence-corrected chi connectivity index (χ4v) is 2.50. The van der Waals surface area contributed by atoms with Crippen LogP contribution in [0.25, 0.3) is 0 Å². The van der Waals surface area contributed by atoms with Gasteiger partial charge in [0.2, 0.25) is 0 Å². The van der Waals surface area contributed by atoms with Gasteiger partial charge in [0, 0.05) is 24.7 Å². The normalized spacial score (nSPS) is 18.0. The number of esters is 1. The number of carbonyl (C=O) groups excluding carboxylic acids is 1. The Kier molecular flexibility index (Phi) is 9.55. The SMILES string of the molecule is CC(C)NCC(COC1CCCCCC1)OC(=O)/C=C/C(=O)O. The molecule has 0 aromatic carbocycles. The van der Waals surface area contributed by atoms with Crippen LogP contribution in [0.3, 0.4) is 0 Å². The van der Waals surface area contributed by atoms with Crippen molar-refractivity contribution in [2.24, 2.45) is 0 Å². The van der Waals surface area contributed by atoms with Crippen molar-refractivity contribution in [2.45, 2.75) is 70.6 Å². The third-order valence-electron chi connectivity index (χ3n) is 3.72. The summed E-state index contributed by atoms with van der Waals surface area (Å²) in [5.41, 5.74) is 0. The summed E-state index contributed by atoms with van der Waals surface area (Å²) in [5, 5.41) is 11.8. The Morgan fingerprint density at radius 3 is 2.39 bits per heavy atom. The van der Waals surface area contributed by atoms with Crippen LogP contribution in [0, 0.1) is 0 Å². The fraction of sp³-hybridized carbons (Fsp3) is 0.765. The monoisotopic (exact) mass is 327 g/mol. The van der Waals surface area contributed by atoms with Crippen LogP contribution in [0.4, 0.5) is 0 Å². The maximum absolute atomic E-state index is 11.7. The summed E-state index contributed by atoms with van der Waals surface area (Å²) < 4.78 is 11.2. The number of carboxylic acids is 1. The average molecular weight is 327 g/mol. The minimum Gasteiger partial charge on any atom is -0.478 e. The molecule has 0 amide bonds. The lowest BCUT2D eigenvalue weighted by molar-refractivity contribution is -0.147. The van der Waals surface area contributed by atoms with Gasteiger partial charge in [0.15, 0.2) is 0 Å². The van der Waals surface area contributed by atoms with Crippen LogP contribution >= 0.6 is 0 Å². The number of ether oxygens (including phenoxy) is 2. The number of nitrogens with one attached hydrogen (secondary N) is 1. The molecule has 0 radical (unpaired) electrons. The zero-order chi connectivity index (χ0) is 17.1. The van der Waals surface area contributed by atoms with Gasteiger partial charge in [-0.3, -0.25) is 0 Å². The third-order valence-corrected chi connectivity index (χ3v) is 3.72. The van der Waals surface area contributed by atoms with Gasteiger partial charge in [-0.25, -0.2) is 9.59 Å². The van der Waals surface area contributed by atoms with Gasteiger partial charge >= 0.3 is 11.9 Å². The molecule has 1 atom stereocenters.